The molecule has 4 aromatic carbocycles. The Morgan fingerprint density at radius 3 is 1.96 bits per heavy atom. The maximum Gasteiger partial charge on any atom is 0.136 e. The Labute approximate surface area is 164 Å². The van der Waals surface area contributed by atoms with Gasteiger partial charge in [-0.15, -0.1) is 0 Å². The van der Waals surface area contributed by atoms with Gasteiger partial charge in [-0.1, -0.05) is 76.6 Å². The third-order valence-corrected chi connectivity index (χ3v) is 6.78. The van der Waals surface area contributed by atoms with E-state index in [9.17, 15) is 0 Å². The van der Waals surface area contributed by atoms with Gasteiger partial charge in [0.1, 0.15) is 11.2 Å². The van der Waals surface area contributed by atoms with Crippen LogP contribution in [0.2, 0.25) is 0 Å². The van der Waals surface area contributed by atoms with Gasteiger partial charge in [-0.05, 0) is 51.6 Å². The second-order valence-electron chi connectivity index (χ2n) is 7.45. The van der Waals surface area contributed by atoms with E-state index in [1.165, 1.54) is 44.2 Å². The Balaban J connectivity index is 1.81. The maximum absolute atomic E-state index is 6.20. The Hall–Kier alpha value is -2.84. The lowest BCUT2D eigenvalue weighted by Crippen LogP contribution is -2.26. The van der Waals surface area contributed by atoms with Crippen molar-refractivity contribution in [1.29, 1.82) is 0 Å². The van der Waals surface area contributed by atoms with Crippen LogP contribution in [0.5, 0.6) is 0 Å². The monoisotopic (exact) mass is 408 g/mol. The normalized spacial score (nSPS) is 15.1. The van der Waals surface area contributed by atoms with E-state index >= 15 is 0 Å². The molecule has 7 rings (SSSR count). The molecule has 126 valence electrons. The van der Waals surface area contributed by atoms with Crippen LogP contribution in [0, 0.1) is 0 Å². The summed E-state index contributed by atoms with van der Waals surface area (Å²) >= 11 is 3.73. The smallest absolute Gasteiger partial charge is 0.136 e. The van der Waals surface area contributed by atoms with Crippen LogP contribution in [0.4, 0.5) is 0 Å². The average molecular weight is 409 g/mol. The largest absolute Gasteiger partial charge is 0.456 e. The fourth-order valence-corrected chi connectivity index (χ4v) is 5.92. The van der Waals surface area contributed by atoms with Crippen molar-refractivity contribution in [3.05, 3.63) is 106 Å². The molecule has 0 aliphatic heterocycles. The van der Waals surface area contributed by atoms with Crippen molar-refractivity contribution >= 4 is 37.9 Å². The highest BCUT2D eigenvalue weighted by atomic mass is 79.9. The van der Waals surface area contributed by atoms with E-state index in [1.54, 1.807) is 0 Å². The van der Waals surface area contributed by atoms with Gasteiger partial charge in [-0.3, -0.25) is 0 Å². The number of benzene rings is 4. The Kier molecular flexibility index (Phi) is 2.39. The van der Waals surface area contributed by atoms with Crippen LogP contribution in [0.1, 0.15) is 22.3 Å². The van der Waals surface area contributed by atoms with Gasteiger partial charge in [0.15, 0.2) is 0 Å². The van der Waals surface area contributed by atoms with Crippen molar-refractivity contribution in [3.8, 4) is 11.1 Å². The lowest BCUT2D eigenvalue weighted by Gasteiger charge is -2.31. The van der Waals surface area contributed by atoms with Gasteiger partial charge in [0.05, 0.1) is 5.41 Å². The molecule has 1 nitrogen and oxygen atoms in total. The van der Waals surface area contributed by atoms with Crippen molar-refractivity contribution in [2.75, 3.05) is 0 Å². The molecular weight excluding hydrogens is 396 g/mol. The Bertz CT molecular complexity index is 1390. The number of hydrogen-bond acceptors (Lipinski definition) is 1. The predicted molar refractivity (Wildman–Crippen MR) is 112 cm³/mol. The molecule has 1 heterocycles. The third kappa shape index (κ3) is 1.43. The molecule has 0 unspecified atom stereocenters. The second kappa shape index (κ2) is 4.52. The first-order chi connectivity index (χ1) is 13.3. The van der Waals surface area contributed by atoms with Gasteiger partial charge in [-0.2, -0.15) is 0 Å². The fourth-order valence-electron chi connectivity index (χ4n) is 5.48. The summed E-state index contributed by atoms with van der Waals surface area (Å²) in [5, 5.41) is 2.52. The molecule has 1 spiro atoms. The number of rotatable bonds is 0. The van der Waals surface area contributed by atoms with Crippen molar-refractivity contribution in [2.24, 2.45) is 0 Å². The van der Waals surface area contributed by atoms with E-state index < -0.39 is 0 Å². The minimum atomic E-state index is -0.268. The number of furan rings is 1. The predicted octanol–water partition coefficient (Wildman–Crippen LogP) is 7.03. The summed E-state index contributed by atoms with van der Waals surface area (Å²) in [5.41, 5.74) is 9.73. The molecule has 0 saturated heterocycles. The zero-order chi connectivity index (χ0) is 17.8. The lowest BCUT2D eigenvalue weighted by molar-refractivity contribution is 0.664. The molecule has 2 aliphatic carbocycles. The van der Waals surface area contributed by atoms with Crippen LogP contribution in [0.3, 0.4) is 0 Å². The van der Waals surface area contributed by atoms with Crippen molar-refractivity contribution in [3.63, 3.8) is 0 Å². The first-order valence-electron chi connectivity index (χ1n) is 9.15. The SMILES string of the molecule is Brc1cc2c3c(c1)oc1cccc(c13)C21c2ccccc2-c2ccccc21. The quantitative estimate of drug-likeness (QED) is 0.262. The Morgan fingerprint density at radius 1 is 0.593 bits per heavy atom. The molecule has 2 heteroatoms. The summed E-state index contributed by atoms with van der Waals surface area (Å²) in [7, 11) is 0. The van der Waals surface area contributed by atoms with Crippen LogP contribution in [-0.2, 0) is 5.41 Å². The Morgan fingerprint density at radius 2 is 1.22 bits per heavy atom. The van der Waals surface area contributed by atoms with Crippen LogP contribution in [0.15, 0.2) is 87.8 Å². The minimum absolute atomic E-state index is 0.268. The summed E-state index contributed by atoms with van der Waals surface area (Å²) in [4.78, 5) is 0. The molecule has 0 amide bonds. The molecule has 0 fully saturated rings. The van der Waals surface area contributed by atoms with E-state index in [0.29, 0.717) is 0 Å². The zero-order valence-electron chi connectivity index (χ0n) is 14.3. The molecule has 0 saturated carbocycles. The van der Waals surface area contributed by atoms with E-state index in [2.05, 4.69) is 94.8 Å². The fraction of sp³-hybridized carbons (Fsp3) is 0.0400. The third-order valence-electron chi connectivity index (χ3n) is 6.32. The molecule has 2 aliphatic rings. The van der Waals surface area contributed by atoms with Gasteiger partial charge in [0.25, 0.3) is 0 Å². The van der Waals surface area contributed by atoms with Gasteiger partial charge in [0.2, 0.25) is 0 Å². The molecular formula is C25H13BrO. The standard InChI is InChI=1S/C25H13BrO/c26-14-12-20-24-22(13-14)27-21-11-5-10-19(23(21)24)25(20)17-8-3-1-6-15(17)16-7-2-4-9-18(16)25/h1-13H. The van der Waals surface area contributed by atoms with Crippen LogP contribution in [-0.4, -0.2) is 0 Å². The van der Waals surface area contributed by atoms with E-state index in [4.69, 9.17) is 4.42 Å². The van der Waals surface area contributed by atoms with E-state index in [1.807, 2.05) is 0 Å². The van der Waals surface area contributed by atoms with Gasteiger partial charge in [0, 0.05) is 15.2 Å². The molecule has 0 atom stereocenters. The second-order valence-corrected chi connectivity index (χ2v) is 8.36. The molecule has 27 heavy (non-hydrogen) atoms. The van der Waals surface area contributed by atoms with Gasteiger partial charge < -0.3 is 4.42 Å². The highest BCUT2D eigenvalue weighted by Crippen LogP contribution is 2.62. The summed E-state index contributed by atoms with van der Waals surface area (Å²) in [6.07, 6.45) is 0. The number of hydrogen-bond donors (Lipinski definition) is 0. The number of halogens is 1. The minimum Gasteiger partial charge on any atom is -0.456 e. The van der Waals surface area contributed by atoms with Crippen molar-refractivity contribution in [1.82, 2.24) is 0 Å². The highest BCUT2D eigenvalue weighted by molar-refractivity contribution is 9.10. The molecule has 5 aromatic rings. The van der Waals surface area contributed by atoms with Crippen LogP contribution in [0.25, 0.3) is 33.1 Å². The topological polar surface area (TPSA) is 13.1 Å². The van der Waals surface area contributed by atoms with E-state index in [0.717, 1.165) is 15.6 Å². The maximum atomic E-state index is 6.20. The first kappa shape index (κ1) is 14.2. The zero-order valence-corrected chi connectivity index (χ0v) is 15.9. The van der Waals surface area contributed by atoms with Crippen LogP contribution < -0.4 is 0 Å². The van der Waals surface area contributed by atoms with Crippen molar-refractivity contribution < 1.29 is 4.42 Å². The molecule has 0 radical (unpaired) electrons. The summed E-state index contributed by atoms with van der Waals surface area (Å²) in [6.45, 7) is 0. The molecule has 0 bridgehead atoms. The summed E-state index contributed by atoms with van der Waals surface area (Å²) in [6, 6.07) is 28.6. The average Bonchev–Trinajstić information content (AvgIpc) is 3.31. The van der Waals surface area contributed by atoms with Crippen molar-refractivity contribution in [2.45, 2.75) is 5.41 Å². The first-order valence-corrected chi connectivity index (χ1v) is 9.94. The lowest BCUT2D eigenvalue weighted by atomic mass is 9.70. The molecule has 1 aromatic heterocycles. The molecule has 0 N–H and O–H groups in total. The van der Waals surface area contributed by atoms with Crippen LogP contribution >= 0.6 is 15.9 Å². The number of fused-ring (bicyclic) bond motifs is 7. The van der Waals surface area contributed by atoms with Gasteiger partial charge >= 0.3 is 0 Å². The van der Waals surface area contributed by atoms with E-state index in [-0.39, 0.29) is 5.41 Å². The summed E-state index contributed by atoms with van der Waals surface area (Å²) < 4.78 is 7.26. The van der Waals surface area contributed by atoms with Gasteiger partial charge in [-0.25, -0.2) is 0 Å². The highest BCUT2D eigenvalue weighted by Gasteiger charge is 2.51. The summed E-state index contributed by atoms with van der Waals surface area (Å²) in [5.74, 6) is 0.